The number of ether oxygens (including phenoxy) is 1. The molecule has 32 heavy (non-hydrogen) atoms. The molecular formula is C25H26N4O3. The lowest BCUT2D eigenvalue weighted by molar-refractivity contribution is 0.0943. The van der Waals surface area contributed by atoms with Gasteiger partial charge in [0.2, 0.25) is 0 Å². The van der Waals surface area contributed by atoms with Crippen LogP contribution in [-0.2, 0) is 26.0 Å². The fourth-order valence-electron chi connectivity index (χ4n) is 4.17. The van der Waals surface area contributed by atoms with Gasteiger partial charge < -0.3 is 14.6 Å². The molecule has 0 atom stereocenters. The molecule has 0 fully saturated rings. The van der Waals surface area contributed by atoms with E-state index in [1.54, 1.807) is 6.07 Å². The highest BCUT2D eigenvalue weighted by Crippen LogP contribution is 2.25. The average Bonchev–Trinajstić information content (AvgIpc) is 3.48. The molecule has 0 bridgehead atoms. The number of hydrogen-bond acceptors (Lipinski definition) is 5. The molecule has 7 heteroatoms. The quantitative estimate of drug-likeness (QED) is 0.422. The first-order valence-corrected chi connectivity index (χ1v) is 11.2. The number of nitrogens with zero attached hydrogens (tertiary/aromatic N) is 3. The first-order chi connectivity index (χ1) is 15.8. The van der Waals surface area contributed by atoms with Crippen LogP contribution in [0.4, 0.5) is 0 Å². The number of fused-ring (bicyclic) bond motifs is 2. The van der Waals surface area contributed by atoms with E-state index < -0.39 is 0 Å². The summed E-state index contributed by atoms with van der Waals surface area (Å²) >= 11 is 0. The van der Waals surface area contributed by atoms with E-state index in [0.717, 1.165) is 42.5 Å². The Morgan fingerprint density at radius 3 is 2.91 bits per heavy atom. The minimum Gasteiger partial charge on any atom is -0.486 e. The van der Waals surface area contributed by atoms with Crippen molar-refractivity contribution in [3.63, 3.8) is 0 Å². The summed E-state index contributed by atoms with van der Waals surface area (Å²) in [6, 6.07) is 16.0. The SMILES string of the molecule is O=C(NCCCn1ncc2ccccc21)c1cc(COc2ccc3c(c2)CCCC3)on1. The number of rotatable bonds is 8. The summed E-state index contributed by atoms with van der Waals surface area (Å²) in [4.78, 5) is 12.4. The molecule has 0 saturated carbocycles. The van der Waals surface area contributed by atoms with Gasteiger partial charge in [-0.05, 0) is 61.4 Å². The summed E-state index contributed by atoms with van der Waals surface area (Å²) in [7, 11) is 0. The highest BCUT2D eigenvalue weighted by Gasteiger charge is 2.14. The molecule has 0 spiro atoms. The van der Waals surface area contributed by atoms with Crippen molar-refractivity contribution >= 4 is 16.8 Å². The number of nitrogens with one attached hydrogen (secondary N) is 1. The summed E-state index contributed by atoms with van der Waals surface area (Å²) in [5.41, 5.74) is 4.15. The molecule has 0 saturated heterocycles. The predicted octanol–water partition coefficient (Wildman–Crippen LogP) is 4.30. The molecule has 0 aliphatic heterocycles. The number of aromatic nitrogens is 3. The lowest BCUT2D eigenvalue weighted by Crippen LogP contribution is -2.25. The lowest BCUT2D eigenvalue weighted by Gasteiger charge is -2.16. The fraction of sp³-hybridized carbons (Fsp3) is 0.320. The zero-order valence-corrected chi connectivity index (χ0v) is 17.9. The molecular weight excluding hydrogens is 404 g/mol. The van der Waals surface area contributed by atoms with Crippen molar-refractivity contribution in [3.8, 4) is 5.75 Å². The summed E-state index contributed by atoms with van der Waals surface area (Å²) in [5, 5.41) is 12.3. The number of amides is 1. The Morgan fingerprint density at radius 2 is 1.97 bits per heavy atom. The standard InChI is InChI=1S/C25H26N4O3/c30-25(26-12-5-13-29-24-9-4-3-8-20(24)16-27-29)23-15-22(32-28-23)17-31-21-11-10-18-6-1-2-7-19(18)14-21/h3-4,8-11,14-16H,1-2,5-7,12-13,17H2,(H,26,30). The Kier molecular flexibility index (Phi) is 5.87. The van der Waals surface area contributed by atoms with E-state index in [1.807, 2.05) is 41.2 Å². The van der Waals surface area contributed by atoms with Crippen LogP contribution in [0.25, 0.3) is 10.9 Å². The minimum absolute atomic E-state index is 0.242. The third kappa shape index (κ3) is 4.51. The van der Waals surface area contributed by atoms with E-state index in [1.165, 1.54) is 24.0 Å². The second kappa shape index (κ2) is 9.26. The van der Waals surface area contributed by atoms with Crippen molar-refractivity contribution in [2.75, 3.05) is 6.54 Å². The second-order valence-electron chi connectivity index (χ2n) is 8.14. The van der Waals surface area contributed by atoms with Crippen molar-refractivity contribution in [1.29, 1.82) is 0 Å². The lowest BCUT2D eigenvalue weighted by atomic mass is 9.92. The van der Waals surface area contributed by atoms with Crippen LogP contribution in [0.5, 0.6) is 5.75 Å². The van der Waals surface area contributed by atoms with Crippen molar-refractivity contribution in [1.82, 2.24) is 20.3 Å². The highest BCUT2D eigenvalue weighted by molar-refractivity contribution is 5.92. The molecule has 1 amide bonds. The predicted molar refractivity (Wildman–Crippen MR) is 121 cm³/mol. The molecule has 0 radical (unpaired) electrons. The van der Waals surface area contributed by atoms with E-state index in [4.69, 9.17) is 9.26 Å². The normalized spacial score (nSPS) is 13.1. The highest BCUT2D eigenvalue weighted by atomic mass is 16.5. The summed E-state index contributed by atoms with van der Waals surface area (Å²) < 4.78 is 13.1. The number of carbonyl (C=O) groups is 1. The van der Waals surface area contributed by atoms with Crippen LogP contribution in [0.1, 0.15) is 46.6 Å². The number of carbonyl (C=O) groups excluding carboxylic acids is 1. The van der Waals surface area contributed by atoms with Crippen LogP contribution in [-0.4, -0.2) is 27.4 Å². The second-order valence-corrected chi connectivity index (χ2v) is 8.14. The van der Waals surface area contributed by atoms with Crippen molar-refractivity contribution in [3.05, 3.63) is 77.3 Å². The van der Waals surface area contributed by atoms with Gasteiger partial charge in [-0.15, -0.1) is 0 Å². The van der Waals surface area contributed by atoms with Crippen LogP contribution < -0.4 is 10.1 Å². The van der Waals surface area contributed by atoms with E-state index in [9.17, 15) is 4.79 Å². The van der Waals surface area contributed by atoms with E-state index >= 15 is 0 Å². The van der Waals surface area contributed by atoms with Gasteiger partial charge in [-0.3, -0.25) is 9.48 Å². The molecule has 2 aromatic heterocycles. The minimum atomic E-state index is -0.251. The molecule has 0 unspecified atom stereocenters. The first-order valence-electron chi connectivity index (χ1n) is 11.2. The van der Waals surface area contributed by atoms with E-state index in [2.05, 4.69) is 27.7 Å². The molecule has 5 rings (SSSR count). The number of hydrogen-bond donors (Lipinski definition) is 1. The first kappa shape index (κ1) is 20.3. The third-order valence-corrected chi connectivity index (χ3v) is 5.88. The summed E-state index contributed by atoms with van der Waals surface area (Å²) in [5.74, 6) is 1.09. The average molecular weight is 431 g/mol. The Hall–Kier alpha value is -3.61. The van der Waals surface area contributed by atoms with E-state index in [-0.39, 0.29) is 18.2 Å². The van der Waals surface area contributed by atoms with Crippen molar-refractivity contribution in [2.24, 2.45) is 0 Å². The molecule has 2 heterocycles. The van der Waals surface area contributed by atoms with Gasteiger partial charge in [-0.25, -0.2) is 0 Å². The fourth-order valence-corrected chi connectivity index (χ4v) is 4.17. The Labute approximate surface area is 186 Å². The Bertz CT molecular complexity index is 1230. The van der Waals surface area contributed by atoms with Crippen LogP contribution in [0.2, 0.25) is 0 Å². The smallest absolute Gasteiger partial charge is 0.273 e. The maximum atomic E-state index is 12.4. The van der Waals surface area contributed by atoms with Gasteiger partial charge >= 0.3 is 0 Å². The Morgan fingerprint density at radius 1 is 1.09 bits per heavy atom. The number of aryl methyl sites for hydroxylation is 3. The van der Waals surface area contributed by atoms with Crippen LogP contribution >= 0.6 is 0 Å². The zero-order chi connectivity index (χ0) is 21.8. The third-order valence-electron chi connectivity index (χ3n) is 5.88. The zero-order valence-electron chi connectivity index (χ0n) is 17.9. The largest absolute Gasteiger partial charge is 0.486 e. The number of para-hydroxylation sites is 1. The van der Waals surface area contributed by atoms with Gasteiger partial charge in [0, 0.05) is 24.5 Å². The molecule has 2 aromatic carbocycles. The maximum absolute atomic E-state index is 12.4. The maximum Gasteiger partial charge on any atom is 0.273 e. The molecule has 1 N–H and O–H groups in total. The molecule has 1 aliphatic rings. The van der Waals surface area contributed by atoms with Gasteiger partial charge in [-0.2, -0.15) is 5.10 Å². The topological polar surface area (TPSA) is 82.2 Å². The number of benzene rings is 2. The van der Waals surface area contributed by atoms with Gasteiger partial charge in [0.1, 0.15) is 12.4 Å². The summed E-state index contributed by atoms with van der Waals surface area (Å²) in [6.45, 7) is 1.50. The van der Waals surface area contributed by atoms with Crippen LogP contribution in [0.15, 0.2) is 59.3 Å². The van der Waals surface area contributed by atoms with Gasteiger partial charge in [0.25, 0.3) is 5.91 Å². The van der Waals surface area contributed by atoms with Crippen LogP contribution in [0.3, 0.4) is 0 Å². The van der Waals surface area contributed by atoms with Gasteiger partial charge in [0.15, 0.2) is 11.5 Å². The molecule has 164 valence electrons. The van der Waals surface area contributed by atoms with Crippen molar-refractivity contribution in [2.45, 2.75) is 45.3 Å². The molecule has 4 aromatic rings. The van der Waals surface area contributed by atoms with E-state index in [0.29, 0.717) is 12.3 Å². The molecule has 1 aliphatic carbocycles. The molecule has 7 nitrogen and oxygen atoms in total. The Balaban J connectivity index is 1.09. The van der Waals surface area contributed by atoms with Gasteiger partial charge in [-0.1, -0.05) is 29.4 Å². The van der Waals surface area contributed by atoms with Crippen LogP contribution in [0, 0.1) is 0 Å². The summed E-state index contributed by atoms with van der Waals surface area (Å²) in [6.07, 6.45) is 7.37. The monoisotopic (exact) mass is 430 g/mol. The van der Waals surface area contributed by atoms with Crippen molar-refractivity contribution < 1.29 is 14.1 Å². The van der Waals surface area contributed by atoms with Gasteiger partial charge in [0.05, 0.1) is 11.7 Å².